The Hall–Kier alpha value is -3.21. The molecule has 4 atom stereocenters. The number of amides is 1. The maximum atomic E-state index is 15.7. The summed E-state index contributed by atoms with van der Waals surface area (Å²) in [5.41, 5.74) is 2.32. The van der Waals surface area contributed by atoms with Gasteiger partial charge in [-0.1, -0.05) is 20.4 Å². The third-order valence-corrected chi connectivity index (χ3v) is 8.13. The van der Waals surface area contributed by atoms with Crippen LogP contribution >= 0.6 is 0 Å². The molecule has 0 aliphatic heterocycles. The number of benzene rings is 1. The van der Waals surface area contributed by atoms with Gasteiger partial charge >= 0.3 is 0 Å². The number of ketones is 1. The second-order valence-corrected chi connectivity index (χ2v) is 11.2. The van der Waals surface area contributed by atoms with Crippen LogP contribution in [0.15, 0.2) is 40.9 Å². The SMILES string of the molecule is C=C1C(C(N)=O)=C(O)[C@@H](N(C)C)[C@@H]2C[C@@H]3Cc4c(F)c(CNCCC(C)C)cc(O)c4C(=O)C3=C(O)[C@]12O. The number of halogens is 1. The van der Waals surface area contributed by atoms with Crippen LogP contribution in [-0.2, 0) is 17.8 Å². The lowest BCUT2D eigenvalue weighted by atomic mass is 9.57. The van der Waals surface area contributed by atoms with Gasteiger partial charge in [0.25, 0.3) is 5.91 Å². The van der Waals surface area contributed by atoms with Gasteiger partial charge in [-0.15, -0.1) is 0 Å². The maximum absolute atomic E-state index is 15.7. The molecule has 0 fully saturated rings. The average Bonchev–Trinajstić information content (AvgIpc) is 2.81. The summed E-state index contributed by atoms with van der Waals surface area (Å²) in [5.74, 6) is -5.13. The Balaban J connectivity index is 1.81. The fourth-order valence-electron chi connectivity index (χ4n) is 6.26. The zero-order valence-electron chi connectivity index (χ0n) is 22.1. The molecule has 0 saturated heterocycles. The smallest absolute Gasteiger partial charge is 0.252 e. The minimum absolute atomic E-state index is 0.00789. The predicted molar refractivity (Wildman–Crippen MR) is 139 cm³/mol. The molecule has 1 aromatic rings. The van der Waals surface area contributed by atoms with Gasteiger partial charge in [0.1, 0.15) is 23.1 Å². The topological polar surface area (TPSA) is 156 Å². The predicted octanol–water partition coefficient (Wildman–Crippen LogP) is 2.38. The summed E-state index contributed by atoms with van der Waals surface area (Å²) >= 11 is 0. The number of nitrogens with one attached hydrogen (secondary N) is 1. The van der Waals surface area contributed by atoms with Gasteiger partial charge in [0.05, 0.1) is 17.2 Å². The maximum Gasteiger partial charge on any atom is 0.252 e. The van der Waals surface area contributed by atoms with E-state index in [-0.39, 0.29) is 53.0 Å². The summed E-state index contributed by atoms with van der Waals surface area (Å²) in [6, 6.07) is 0.267. The van der Waals surface area contributed by atoms with Crippen LogP contribution in [0.1, 0.15) is 48.2 Å². The second kappa shape index (κ2) is 9.83. The lowest BCUT2D eigenvalue weighted by Gasteiger charge is -2.52. The van der Waals surface area contributed by atoms with Crippen molar-refractivity contribution < 1.29 is 34.4 Å². The summed E-state index contributed by atoms with van der Waals surface area (Å²) in [6.07, 6.45) is 0.954. The van der Waals surface area contributed by atoms with Crippen LogP contribution in [0.5, 0.6) is 5.75 Å². The summed E-state index contributed by atoms with van der Waals surface area (Å²) in [4.78, 5) is 27.4. The van der Waals surface area contributed by atoms with Gasteiger partial charge in [-0.05, 0) is 57.8 Å². The van der Waals surface area contributed by atoms with Crippen molar-refractivity contribution in [2.24, 2.45) is 23.5 Å². The van der Waals surface area contributed by atoms with Crippen LogP contribution < -0.4 is 11.1 Å². The number of fused-ring (bicyclic) bond motifs is 3. The Morgan fingerprint density at radius 1 is 1.32 bits per heavy atom. The number of aromatic hydroxyl groups is 1. The molecule has 0 bridgehead atoms. The van der Waals surface area contributed by atoms with Crippen LogP contribution in [0, 0.1) is 23.6 Å². The first kappa shape index (κ1) is 27.8. The van der Waals surface area contributed by atoms with Gasteiger partial charge in [0.15, 0.2) is 11.4 Å². The largest absolute Gasteiger partial charge is 0.510 e. The molecule has 206 valence electrons. The second-order valence-electron chi connectivity index (χ2n) is 11.2. The molecule has 1 amide bonds. The summed E-state index contributed by atoms with van der Waals surface area (Å²) < 4.78 is 15.7. The molecule has 3 aliphatic rings. The van der Waals surface area contributed by atoms with Crippen LogP contribution in [0.4, 0.5) is 4.39 Å². The zero-order valence-corrected chi connectivity index (χ0v) is 22.1. The number of carbonyl (C=O) groups excluding carboxylic acids is 2. The van der Waals surface area contributed by atoms with Crippen molar-refractivity contribution in [3.05, 3.63) is 63.4 Å². The molecule has 38 heavy (non-hydrogen) atoms. The van der Waals surface area contributed by atoms with Crippen molar-refractivity contribution in [3.8, 4) is 5.75 Å². The summed E-state index contributed by atoms with van der Waals surface area (Å²) in [7, 11) is 3.25. The highest BCUT2D eigenvalue weighted by Gasteiger charge is 2.60. The Kier molecular flexibility index (Phi) is 7.20. The number of aliphatic hydroxyl groups excluding tert-OH is 2. The third-order valence-electron chi connectivity index (χ3n) is 8.13. The van der Waals surface area contributed by atoms with Crippen molar-refractivity contribution >= 4 is 11.7 Å². The van der Waals surface area contributed by atoms with E-state index < -0.39 is 58.1 Å². The van der Waals surface area contributed by atoms with Crippen LogP contribution in [0.3, 0.4) is 0 Å². The molecule has 1 aromatic carbocycles. The normalized spacial score (nSPS) is 27.1. The van der Waals surface area contributed by atoms with Crippen LogP contribution in [0.25, 0.3) is 0 Å². The summed E-state index contributed by atoms with van der Waals surface area (Å²) in [6.45, 7) is 8.75. The number of hydrogen-bond donors (Lipinski definition) is 6. The molecule has 10 heteroatoms. The minimum atomic E-state index is -2.28. The summed E-state index contributed by atoms with van der Waals surface area (Å²) in [5, 5.41) is 48.1. The number of nitrogens with two attached hydrogens (primary N) is 1. The number of hydrogen-bond acceptors (Lipinski definition) is 8. The number of carbonyl (C=O) groups is 2. The van der Waals surface area contributed by atoms with Gasteiger partial charge in [0, 0.05) is 34.7 Å². The molecule has 9 nitrogen and oxygen atoms in total. The zero-order chi connectivity index (χ0) is 28.3. The lowest BCUT2D eigenvalue weighted by molar-refractivity contribution is -0.115. The van der Waals surface area contributed by atoms with Gasteiger partial charge < -0.3 is 31.5 Å². The highest BCUT2D eigenvalue weighted by molar-refractivity contribution is 6.13. The number of rotatable bonds is 7. The Morgan fingerprint density at radius 3 is 2.55 bits per heavy atom. The molecule has 0 radical (unpaired) electrons. The average molecular weight is 530 g/mol. The fourth-order valence-corrected chi connectivity index (χ4v) is 6.26. The molecule has 0 aromatic heterocycles. The quantitative estimate of drug-likeness (QED) is 0.294. The molecule has 0 saturated carbocycles. The minimum Gasteiger partial charge on any atom is -0.510 e. The number of phenolic OH excluding ortho intramolecular Hbond substituents is 1. The van der Waals surface area contributed by atoms with E-state index in [0.29, 0.717) is 12.5 Å². The Bertz CT molecular complexity index is 1280. The Morgan fingerprint density at radius 2 is 1.97 bits per heavy atom. The number of aliphatic hydroxyl groups is 3. The number of primary amides is 1. The molecule has 4 rings (SSSR count). The van der Waals surface area contributed by atoms with Crippen LogP contribution in [-0.4, -0.2) is 69.3 Å². The highest BCUT2D eigenvalue weighted by Crippen LogP contribution is 2.55. The van der Waals surface area contributed by atoms with Crippen LogP contribution in [0.2, 0.25) is 0 Å². The first-order valence-corrected chi connectivity index (χ1v) is 12.8. The van der Waals surface area contributed by atoms with E-state index in [9.17, 15) is 30.0 Å². The first-order valence-electron chi connectivity index (χ1n) is 12.8. The monoisotopic (exact) mass is 529 g/mol. The number of nitrogens with zero attached hydrogens (tertiary/aromatic N) is 1. The van der Waals surface area contributed by atoms with E-state index >= 15 is 4.39 Å². The van der Waals surface area contributed by atoms with Gasteiger partial charge in [-0.2, -0.15) is 0 Å². The van der Waals surface area contributed by atoms with E-state index in [1.807, 2.05) is 0 Å². The molecular formula is C28H36FN3O6. The van der Waals surface area contributed by atoms with E-state index in [1.54, 1.807) is 19.0 Å². The molecule has 0 unspecified atom stereocenters. The number of allylic oxidation sites excluding steroid dienone is 1. The molecule has 0 heterocycles. The van der Waals surface area contributed by atoms with Crippen molar-refractivity contribution in [2.75, 3.05) is 20.6 Å². The number of likely N-dealkylation sites (N-methyl/N-ethyl adjacent to an activating group) is 1. The molecular weight excluding hydrogens is 493 g/mol. The lowest BCUT2D eigenvalue weighted by Crippen LogP contribution is -2.60. The first-order chi connectivity index (χ1) is 17.7. The number of phenols is 1. The van der Waals surface area contributed by atoms with Crippen molar-refractivity contribution in [2.45, 2.75) is 51.3 Å². The van der Waals surface area contributed by atoms with E-state index in [4.69, 9.17) is 5.73 Å². The Labute approximate surface area is 221 Å². The number of Topliss-reactive ketones (excluding diaryl/α,β-unsaturated/α-hetero) is 1. The van der Waals surface area contributed by atoms with Crippen molar-refractivity contribution in [1.29, 1.82) is 0 Å². The van der Waals surface area contributed by atoms with E-state index in [1.165, 1.54) is 6.07 Å². The van der Waals surface area contributed by atoms with Crippen molar-refractivity contribution in [3.63, 3.8) is 0 Å². The van der Waals surface area contributed by atoms with Gasteiger partial charge in [0.2, 0.25) is 0 Å². The van der Waals surface area contributed by atoms with E-state index in [2.05, 4.69) is 25.7 Å². The van der Waals surface area contributed by atoms with E-state index in [0.717, 1.165) is 6.42 Å². The molecule has 3 aliphatic carbocycles. The fraction of sp³-hybridized carbons (Fsp3) is 0.500. The standard InChI is InChI=1S/C28H36FN3O6/c1-12(2)6-7-31-11-15-10-18(33)21-16(22(15)29)8-14-9-17-23(32(4)5)25(35)19(27(30)37)13(3)28(17,38)26(36)20(14)24(21)34/h10,12,14,17,23,31,33,35-36,38H,3,6-9,11H2,1-2,4-5H3,(H2,30,37)/t14-,17-,23-,28-/m0/s1. The van der Waals surface area contributed by atoms with Gasteiger partial charge in [-0.25, -0.2) is 4.39 Å². The third kappa shape index (κ3) is 4.11. The van der Waals surface area contributed by atoms with Crippen molar-refractivity contribution in [1.82, 2.24) is 10.2 Å². The molecule has 7 N–H and O–H groups in total. The van der Waals surface area contributed by atoms with Gasteiger partial charge in [-0.3, -0.25) is 14.5 Å². The highest BCUT2D eigenvalue weighted by atomic mass is 19.1. The molecule has 0 spiro atoms.